The number of halogens is 2. The molecule has 1 aliphatic rings. The van der Waals surface area contributed by atoms with Gasteiger partial charge in [0, 0.05) is 29.2 Å². The van der Waals surface area contributed by atoms with E-state index in [1.54, 1.807) is 0 Å². The molecule has 1 aromatic heterocycles. The summed E-state index contributed by atoms with van der Waals surface area (Å²) in [4.78, 5) is 38.8. The van der Waals surface area contributed by atoms with Crippen LogP contribution < -0.4 is 10.2 Å². The Kier molecular flexibility index (Phi) is 4.68. The van der Waals surface area contributed by atoms with E-state index < -0.39 is 17.8 Å². The molecule has 4 rings (SSSR count). The smallest absolute Gasteiger partial charge is 0.335 e. The molecular formula is C21H15Cl2N3O3. The highest BCUT2D eigenvalue weighted by Crippen LogP contribution is 2.31. The third-order valence-corrected chi connectivity index (χ3v) is 5.74. The molecule has 0 atom stereocenters. The molecule has 0 spiro atoms. The van der Waals surface area contributed by atoms with Crippen molar-refractivity contribution in [2.45, 2.75) is 6.92 Å². The van der Waals surface area contributed by atoms with Gasteiger partial charge in [-0.2, -0.15) is 0 Å². The average Bonchev–Trinajstić information content (AvgIpc) is 2.92. The van der Waals surface area contributed by atoms with Gasteiger partial charge in [0.2, 0.25) is 0 Å². The SMILES string of the molecule is Cc1c(/C=C2/C(=O)NC(=O)N(c3ccc(Cl)c(Cl)c3)C2=O)c2ccccc2n1C. The monoisotopic (exact) mass is 427 g/mol. The van der Waals surface area contributed by atoms with Crippen molar-refractivity contribution >= 4 is 63.7 Å². The van der Waals surface area contributed by atoms with E-state index in [0.717, 1.165) is 27.1 Å². The fourth-order valence-corrected chi connectivity index (χ4v) is 3.69. The number of fused-ring (bicyclic) bond motifs is 1. The number of barbiturate groups is 1. The van der Waals surface area contributed by atoms with Crippen LogP contribution in [0.2, 0.25) is 10.0 Å². The number of nitrogens with one attached hydrogen (secondary N) is 1. The lowest BCUT2D eigenvalue weighted by Crippen LogP contribution is -2.54. The van der Waals surface area contributed by atoms with Crippen LogP contribution in [0.4, 0.5) is 10.5 Å². The van der Waals surface area contributed by atoms with Crippen LogP contribution in [-0.2, 0) is 16.6 Å². The maximum Gasteiger partial charge on any atom is 0.335 e. The standard InChI is InChI=1S/C21H15Cl2N3O3/c1-11-14(13-5-3-4-6-18(13)25(11)2)10-15-19(27)24-21(29)26(20(15)28)12-7-8-16(22)17(23)9-12/h3-10H,1-2H3,(H,24,27,29)/b15-10-. The van der Waals surface area contributed by atoms with E-state index in [1.165, 1.54) is 24.3 Å². The van der Waals surface area contributed by atoms with Crippen molar-refractivity contribution in [3.05, 3.63) is 69.3 Å². The number of carbonyl (C=O) groups is 3. The highest BCUT2D eigenvalue weighted by atomic mass is 35.5. The molecule has 0 unspecified atom stereocenters. The minimum atomic E-state index is -0.842. The molecule has 2 heterocycles. The van der Waals surface area contributed by atoms with Gasteiger partial charge in [0.25, 0.3) is 11.8 Å². The van der Waals surface area contributed by atoms with Gasteiger partial charge in [0.15, 0.2) is 0 Å². The van der Waals surface area contributed by atoms with Gasteiger partial charge in [0.05, 0.1) is 15.7 Å². The van der Waals surface area contributed by atoms with E-state index in [-0.39, 0.29) is 16.3 Å². The van der Waals surface area contributed by atoms with E-state index >= 15 is 0 Å². The number of benzene rings is 2. The van der Waals surface area contributed by atoms with Crippen molar-refractivity contribution in [3.8, 4) is 0 Å². The lowest BCUT2D eigenvalue weighted by Gasteiger charge is -2.26. The van der Waals surface area contributed by atoms with Crippen LogP contribution in [0.3, 0.4) is 0 Å². The van der Waals surface area contributed by atoms with Crippen molar-refractivity contribution in [2.24, 2.45) is 7.05 Å². The second-order valence-electron chi connectivity index (χ2n) is 6.63. The Morgan fingerprint density at radius 1 is 1.00 bits per heavy atom. The van der Waals surface area contributed by atoms with Crippen LogP contribution in [-0.4, -0.2) is 22.4 Å². The van der Waals surface area contributed by atoms with E-state index in [0.29, 0.717) is 5.02 Å². The Morgan fingerprint density at radius 2 is 1.72 bits per heavy atom. The molecule has 1 fully saturated rings. The number of aryl methyl sites for hydroxylation is 1. The summed E-state index contributed by atoms with van der Waals surface area (Å²) in [5.74, 6) is -1.48. The van der Waals surface area contributed by atoms with Crippen molar-refractivity contribution in [3.63, 3.8) is 0 Å². The first-order valence-electron chi connectivity index (χ1n) is 8.70. The van der Waals surface area contributed by atoms with Gasteiger partial charge < -0.3 is 4.57 Å². The lowest BCUT2D eigenvalue weighted by molar-refractivity contribution is -0.122. The fraction of sp³-hybridized carbons (Fsp3) is 0.0952. The molecule has 29 heavy (non-hydrogen) atoms. The third-order valence-electron chi connectivity index (χ3n) is 5.00. The summed E-state index contributed by atoms with van der Waals surface area (Å²) in [6.45, 7) is 1.90. The molecule has 0 radical (unpaired) electrons. The van der Waals surface area contributed by atoms with Crippen LogP contribution in [0, 0.1) is 6.92 Å². The molecule has 8 heteroatoms. The molecule has 146 valence electrons. The summed E-state index contributed by atoms with van der Waals surface area (Å²) in [5, 5.41) is 3.60. The number of para-hydroxylation sites is 1. The molecule has 0 bridgehead atoms. The first kappa shape index (κ1) is 19.2. The van der Waals surface area contributed by atoms with Gasteiger partial charge in [-0.05, 0) is 37.3 Å². The summed E-state index contributed by atoms with van der Waals surface area (Å²) >= 11 is 11.9. The quantitative estimate of drug-likeness (QED) is 0.484. The number of rotatable bonds is 2. The lowest BCUT2D eigenvalue weighted by atomic mass is 10.0. The molecule has 3 aromatic rings. The van der Waals surface area contributed by atoms with E-state index in [2.05, 4.69) is 5.32 Å². The van der Waals surface area contributed by atoms with Crippen LogP contribution >= 0.6 is 23.2 Å². The maximum absolute atomic E-state index is 13.1. The number of hydrogen-bond donors (Lipinski definition) is 1. The van der Waals surface area contributed by atoms with Gasteiger partial charge in [0.1, 0.15) is 5.57 Å². The molecule has 1 N–H and O–H groups in total. The number of hydrogen-bond acceptors (Lipinski definition) is 3. The number of anilines is 1. The van der Waals surface area contributed by atoms with Crippen LogP contribution in [0.15, 0.2) is 48.0 Å². The minimum Gasteiger partial charge on any atom is -0.347 e. The van der Waals surface area contributed by atoms with E-state index in [9.17, 15) is 14.4 Å². The summed E-state index contributed by atoms with van der Waals surface area (Å²) in [6, 6.07) is 11.2. The van der Waals surface area contributed by atoms with Crippen molar-refractivity contribution < 1.29 is 14.4 Å². The highest BCUT2D eigenvalue weighted by Gasteiger charge is 2.37. The molecule has 2 aromatic carbocycles. The molecule has 1 saturated heterocycles. The zero-order valence-corrected chi connectivity index (χ0v) is 17.0. The first-order valence-corrected chi connectivity index (χ1v) is 9.45. The Morgan fingerprint density at radius 3 is 2.45 bits per heavy atom. The topological polar surface area (TPSA) is 71.4 Å². The van der Waals surface area contributed by atoms with Gasteiger partial charge >= 0.3 is 6.03 Å². The average molecular weight is 428 g/mol. The number of amides is 4. The van der Waals surface area contributed by atoms with Crippen LogP contribution in [0.25, 0.3) is 17.0 Å². The highest BCUT2D eigenvalue weighted by molar-refractivity contribution is 6.43. The van der Waals surface area contributed by atoms with Crippen LogP contribution in [0.5, 0.6) is 0 Å². The summed E-state index contributed by atoms with van der Waals surface area (Å²) in [5.41, 5.74) is 2.67. The van der Waals surface area contributed by atoms with E-state index in [4.69, 9.17) is 23.2 Å². The van der Waals surface area contributed by atoms with Crippen molar-refractivity contribution in [1.29, 1.82) is 0 Å². The van der Waals surface area contributed by atoms with Gasteiger partial charge in [-0.25, -0.2) is 9.69 Å². The van der Waals surface area contributed by atoms with Crippen LogP contribution in [0.1, 0.15) is 11.3 Å². The Hall–Kier alpha value is -3.09. The van der Waals surface area contributed by atoms with Crippen molar-refractivity contribution in [1.82, 2.24) is 9.88 Å². The van der Waals surface area contributed by atoms with E-state index in [1.807, 2.05) is 42.8 Å². The summed E-state index contributed by atoms with van der Waals surface area (Å²) in [6.07, 6.45) is 1.52. The van der Waals surface area contributed by atoms with Gasteiger partial charge in [-0.3, -0.25) is 14.9 Å². The number of urea groups is 1. The summed E-state index contributed by atoms with van der Waals surface area (Å²) in [7, 11) is 1.91. The normalized spacial score (nSPS) is 16.1. The number of imide groups is 2. The molecule has 0 saturated carbocycles. The fourth-order valence-electron chi connectivity index (χ4n) is 3.39. The molecular weight excluding hydrogens is 413 g/mol. The first-order chi connectivity index (χ1) is 13.8. The number of aromatic nitrogens is 1. The predicted molar refractivity (Wildman–Crippen MR) is 113 cm³/mol. The third kappa shape index (κ3) is 3.10. The summed E-state index contributed by atoms with van der Waals surface area (Å²) < 4.78 is 1.98. The molecule has 4 amide bonds. The Bertz CT molecular complexity index is 1240. The Labute approximate surface area is 176 Å². The predicted octanol–water partition coefficient (Wildman–Crippen LogP) is 4.46. The minimum absolute atomic E-state index is 0.143. The zero-order chi connectivity index (χ0) is 20.9. The molecule has 1 aliphatic heterocycles. The zero-order valence-electron chi connectivity index (χ0n) is 15.5. The largest absolute Gasteiger partial charge is 0.347 e. The Balaban J connectivity index is 1.85. The number of nitrogens with zero attached hydrogens (tertiary/aromatic N) is 2. The second kappa shape index (κ2) is 7.06. The maximum atomic E-state index is 13.1. The second-order valence-corrected chi connectivity index (χ2v) is 7.45. The molecule has 6 nitrogen and oxygen atoms in total. The van der Waals surface area contributed by atoms with Gasteiger partial charge in [-0.1, -0.05) is 41.4 Å². The molecule has 0 aliphatic carbocycles. The number of carbonyl (C=O) groups excluding carboxylic acids is 3. The van der Waals surface area contributed by atoms with Crippen molar-refractivity contribution in [2.75, 3.05) is 4.90 Å². The van der Waals surface area contributed by atoms with Gasteiger partial charge in [-0.15, -0.1) is 0 Å².